The third-order valence-electron chi connectivity index (χ3n) is 3.04. The van der Waals surface area contributed by atoms with Crippen LogP contribution in [0.2, 0.25) is 5.02 Å². The minimum atomic E-state index is 0.419. The van der Waals surface area contributed by atoms with Crippen molar-refractivity contribution in [1.29, 1.82) is 0 Å². The highest BCUT2D eigenvalue weighted by atomic mass is 79.9. The highest BCUT2D eigenvalue weighted by Gasteiger charge is 2.05. The van der Waals surface area contributed by atoms with E-state index in [1.807, 2.05) is 18.2 Å². The van der Waals surface area contributed by atoms with Gasteiger partial charge in [-0.2, -0.15) is 0 Å². The van der Waals surface area contributed by atoms with Crippen LogP contribution in [0.3, 0.4) is 0 Å². The molecule has 1 unspecified atom stereocenters. The van der Waals surface area contributed by atoms with E-state index in [2.05, 4.69) is 58.5 Å². The number of nitrogens with one attached hydrogen (secondary N) is 1. The fourth-order valence-corrected chi connectivity index (χ4v) is 2.73. The van der Waals surface area contributed by atoms with Gasteiger partial charge in [-0.15, -0.1) is 0 Å². The molecule has 3 heteroatoms. The fraction of sp³-hybridized carbons (Fsp3) is 0.250. The Morgan fingerprint density at radius 3 is 2.58 bits per heavy atom. The zero-order valence-corrected chi connectivity index (χ0v) is 13.2. The van der Waals surface area contributed by atoms with Crippen molar-refractivity contribution in [3.63, 3.8) is 0 Å². The minimum absolute atomic E-state index is 0.419. The lowest BCUT2D eigenvalue weighted by Crippen LogP contribution is -2.27. The van der Waals surface area contributed by atoms with Crippen molar-refractivity contribution >= 4 is 27.5 Å². The van der Waals surface area contributed by atoms with Crippen molar-refractivity contribution in [2.24, 2.45) is 0 Å². The first kappa shape index (κ1) is 14.6. The maximum Gasteiger partial charge on any atom is 0.0462 e. The van der Waals surface area contributed by atoms with Crippen molar-refractivity contribution in [3.05, 3.63) is 69.2 Å². The van der Waals surface area contributed by atoms with E-state index in [0.717, 1.165) is 28.0 Å². The summed E-state index contributed by atoms with van der Waals surface area (Å²) >= 11 is 9.62. The first-order valence-electron chi connectivity index (χ1n) is 6.36. The molecule has 0 saturated heterocycles. The minimum Gasteiger partial charge on any atom is -0.310 e. The van der Waals surface area contributed by atoms with Gasteiger partial charge in [0.25, 0.3) is 0 Å². The quantitative estimate of drug-likeness (QED) is 0.824. The van der Waals surface area contributed by atoms with E-state index in [4.69, 9.17) is 11.6 Å². The zero-order valence-electron chi connectivity index (χ0n) is 10.9. The SMILES string of the molecule is CC(Cc1ccccc1)NCc1ccc(Br)cc1Cl. The van der Waals surface area contributed by atoms with Gasteiger partial charge in [0.05, 0.1) is 0 Å². The molecule has 0 spiro atoms. The van der Waals surface area contributed by atoms with E-state index in [9.17, 15) is 0 Å². The van der Waals surface area contributed by atoms with Crippen molar-refractivity contribution in [2.75, 3.05) is 0 Å². The van der Waals surface area contributed by atoms with E-state index in [-0.39, 0.29) is 0 Å². The van der Waals surface area contributed by atoms with Crippen LogP contribution in [0.25, 0.3) is 0 Å². The summed E-state index contributed by atoms with van der Waals surface area (Å²) in [6, 6.07) is 16.9. The molecule has 1 nitrogen and oxygen atoms in total. The van der Waals surface area contributed by atoms with Crippen molar-refractivity contribution in [2.45, 2.75) is 25.9 Å². The number of hydrogen-bond donors (Lipinski definition) is 1. The Morgan fingerprint density at radius 1 is 1.16 bits per heavy atom. The molecule has 19 heavy (non-hydrogen) atoms. The summed E-state index contributed by atoms with van der Waals surface area (Å²) in [6.45, 7) is 2.99. The average Bonchev–Trinajstić information content (AvgIpc) is 2.39. The molecule has 100 valence electrons. The maximum atomic E-state index is 6.20. The summed E-state index contributed by atoms with van der Waals surface area (Å²) in [4.78, 5) is 0. The molecule has 1 atom stereocenters. The van der Waals surface area contributed by atoms with Gasteiger partial charge in [0.15, 0.2) is 0 Å². The second-order valence-electron chi connectivity index (χ2n) is 4.71. The largest absolute Gasteiger partial charge is 0.310 e. The normalized spacial score (nSPS) is 12.4. The van der Waals surface area contributed by atoms with Crippen LogP contribution in [-0.2, 0) is 13.0 Å². The van der Waals surface area contributed by atoms with Crippen LogP contribution in [0.15, 0.2) is 53.0 Å². The van der Waals surface area contributed by atoms with Crippen LogP contribution in [-0.4, -0.2) is 6.04 Å². The topological polar surface area (TPSA) is 12.0 Å². The molecule has 2 aromatic rings. The Balaban J connectivity index is 1.88. The highest BCUT2D eigenvalue weighted by Crippen LogP contribution is 2.21. The van der Waals surface area contributed by atoms with Gasteiger partial charge < -0.3 is 5.32 Å². The predicted octanol–water partition coefficient (Wildman–Crippen LogP) is 4.82. The molecule has 0 amide bonds. The Kier molecular flexibility index (Phi) is 5.44. The summed E-state index contributed by atoms with van der Waals surface area (Å²) in [5.74, 6) is 0. The van der Waals surface area contributed by atoms with E-state index >= 15 is 0 Å². The molecule has 2 aromatic carbocycles. The molecule has 2 rings (SSSR count). The maximum absolute atomic E-state index is 6.20. The molecule has 0 aromatic heterocycles. The van der Waals surface area contributed by atoms with E-state index in [1.165, 1.54) is 5.56 Å². The molecule has 0 fully saturated rings. The Labute approximate surface area is 128 Å². The van der Waals surface area contributed by atoms with Gasteiger partial charge in [-0.3, -0.25) is 0 Å². The van der Waals surface area contributed by atoms with Crippen LogP contribution in [0.5, 0.6) is 0 Å². The van der Waals surface area contributed by atoms with Crippen LogP contribution in [0, 0.1) is 0 Å². The molecule has 0 aliphatic rings. The third kappa shape index (κ3) is 4.64. The number of rotatable bonds is 5. The van der Waals surface area contributed by atoms with Gasteiger partial charge in [0.2, 0.25) is 0 Å². The first-order valence-corrected chi connectivity index (χ1v) is 7.53. The van der Waals surface area contributed by atoms with E-state index in [1.54, 1.807) is 0 Å². The predicted molar refractivity (Wildman–Crippen MR) is 85.6 cm³/mol. The van der Waals surface area contributed by atoms with Gasteiger partial charge in [-0.25, -0.2) is 0 Å². The van der Waals surface area contributed by atoms with Crippen molar-refractivity contribution in [3.8, 4) is 0 Å². The number of benzene rings is 2. The van der Waals surface area contributed by atoms with Gasteiger partial charge >= 0.3 is 0 Å². The van der Waals surface area contributed by atoms with Gasteiger partial charge in [-0.1, -0.05) is 63.9 Å². The average molecular weight is 339 g/mol. The molecular formula is C16H17BrClN. The standard InChI is InChI=1S/C16H17BrClN/c1-12(9-13-5-3-2-4-6-13)19-11-14-7-8-15(17)10-16(14)18/h2-8,10,12,19H,9,11H2,1H3. The molecule has 0 aliphatic carbocycles. The lowest BCUT2D eigenvalue weighted by atomic mass is 10.1. The summed E-state index contributed by atoms with van der Waals surface area (Å²) < 4.78 is 1.01. The fourth-order valence-electron chi connectivity index (χ4n) is 1.99. The summed E-state index contributed by atoms with van der Waals surface area (Å²) in [6.07, 6.45) is 1.02. The number of hydrogen-bond acceptors (Lipinski definition) is 1. The molecular weight excluding hydrogens is 322 g/mol. The lowest BCUT2D eigenvalue weighted by Gasteiger charge is -2.14. The van der Waals surface area contributed by atoms with Crippen molar-refractivity contribution < 1.29 is 0 Å². The second kappa shape index (κ2) is 7.09. The van der Waals surface area contributed by atoms with E-state index in [0.29, 0.717) is 6.04 Å². The first-order chi connectivity index (χ1) is 9.15. The molecule has 0 heterocycles. The van der Waals surface area contributed by atoms with Crippen molar-refractivity contribution in [1.82, 2.24) is 5.32 Å². The Morgan fingerprint density at radius 2 is 1.89 bits per heavy atom. The molecule has 1 N–H and O–H groups in total. The van der Waals surface area contributed by atoms with Crippen LogP contribution >= 0.6 is 27.5 Å². The monoisotopic (exact) mass is 337 g/mol. The smallest absolute Gasteiger partial charge is 0.0462 e. The van der Waals surface area contributed by atoms with Gasteiger partial charge in [0, 0.05) is 22.1 Å². The summed E-state index contributed by atoms with van der Waals surface area (Å²) in [5.41, 5.74) is 2.48. The molecule has 0 bridgehead atoms. The van der Waals surface area contributed by atoms with Crippen LogP contribution in [0.4, 0.5) is 0 Å². The van der Waals surface area contributed by atoms with Crippen LogP contribution in [0.1, 0.15) is 18.1 Å². The molecule has 0 aliphatic heterocycles. The zero-order chi connectivity index (χ0) is 13.7. The lowest BCUT2D eigenvalue weighted by molar-refractivity contribution is 0.545. The Bertz CT molecular complexity index is 528. The van der Waals surface area contributed by atoms with E-state index < -0.39 is 0 Å². The van der Waals surface area contributed by atoms with Crippen LogP contribution < -0.4 is 5.32 Å². The number of halogens is 2. The highest BCUT2D eigenvalue weighted by molar-refractivity contribution is 9.10. The van der Waals surface area contributed by atoms with Gasteiger partial charge in [0.1, 0.15) is 0 Å². The van der Waals surface area contributed by atoms with Gasteiger partial charge in [-0.05, 0) is 36.6 Å². The molecule has 0 saturated carbocycles. The third-order valence-corrected chi connectivity index (χ3v) is 3.89. The molecule has 0 radical (unpaired) electrons. The Hall–Kier alpha value is -0.830. The summed E-state index contributed by atoms with van der Waals surface area (Å²) in [7, 11) is 0. The second-order valence-corrected chi connectivity index (χ2v) is 6.03. The summed E-state index contributed by atoms with van der Waals surface area (Å²) in [5, 5.41) is 4.31.